The maximum Gasteiger partial charge on any atom is 0.327 e. The lowest BCUT2D eigenvalue weighted by atomic mass is 9.75. The Kier molecular flexibility index (Phi) is 5.43. The minimum absolute atomic E-state index is 0.00733. The smallest absolute Gasteiger partial charge is 0.327 e. The van der Waals surface area contributed by atoms with Crippen molar-refractivity contribution >= 4 is 12.0 Å². The molecule has 1 saturated carbocycles. The van der Waals surface area contributed by atoms with E-state index in [1.54, 1.807) is 11.9 Å². The molecular weight excluding hydrogens is 256 g/mol. The molecule has 1 atom stereocenters. The van der Waals surface area contributed by atoms with Gasteiger partial charge in [0.25, 0.3) is 0 Å². The Hall–Kier alpha value is -1.70. The van der Waals surface area contributed by atoms with Gasteiger partial charge in [0.2, 0.25) is 0 Å². The summed E-state index contributed by atoms with van der Waals surface area (Å²) in [7, 11) is 1.72. The van der Waals surface area contributed by atoms with Crippen LogP contribution in [0, 0.1) is 17.8 Å². The molecule has 1 unspecified atom stereocenters. The Bertz CT molecular complexity index is 402. The molecule has 5 nitrogen and oxygen atoms in total. The fourth-order valence-corrected chi connectivity index (χ4v) is 2.51. The molecule has 2 N–H and O–H groups in total. The Morgan fingerprint density at radius 1 is 1.45 bits per heavy atom. The van der Waals surface area contributed by atoms with Crippen LogP contribution >= 0.6 is 0 Å². The van der Waals surface area contributed by atoms with Gasteiger partial charge in [0.1, 0.15) is 6.04 Å². The highest BCUT2D eigenvalue weighted by Crippen LogP contribution is 2.36. The van der Waals surface area contributed by atoms with Crippen LogP contribution in [0.4, 0.5) is 4.79 Å². The Labute approximate surface area is 120 Å². The van der Waals surface area contributed by atoms with Crippen LogP contribution in [0.5, 0.6) is 0 Å². The van der Waals surface area contributed by atoms with E-state index in [0.717, 1.165) is 25.7 Å². The van der Waals surface area contributed by atoms with Crippen LogP contribution in [-0.4, -0.2) is 41.1 Å². The lowest BCUT2D eigenvalue weighted by molar-refractivity contribution is -0.139. The first-order chi connectivity index (χ1) is 9.26. The number of hydrogen-bond donors (Lipinski definition) is 2. The Morgan fingerprint density at radius 3 is 2.45 bits per heavy atom. The van der Waals surface area contributed by atoms with Crippen molar-refractivity contribution in [3.05, 3.63) is 0 Å². The third-order valence-electron chi connectivity index (χ3n) is 4.09. The first kappa shape index (κ1) is 16.4. The monoisotopic (exact) mass is 280 g/mol. The average Bonchev–Trinajstić information content (AvgIpc) is 2.37. The van der Waals surface area contributed by atoms with Crippen LogP contribution in [-0.2, 0) is 4.79 Å². The maximum atomic E-state index is 12.1. The zero-order chi connectivity index (χ0) is 15.3. The second kappa shape index (κ2) is 6.65. The van der Waals surface area contributed by atoms with Gasteiger partial charge in [-0.3, -0.25) is 0 Å². The third kappa shape index (κ3) is 4.44. The molecule has 1 rings (SSSR count). The number of urea groups is 1. The summed E-state index contributed by atoms with van der Waals surface area (Å²) in [5.74, 6) is 1.17. The normalized spacial score (nSPS) is 19.7. The number of nitrogens with zero attached hydrogens (tertiary/aromatic N) is 1. The maximum absolute atomic E-state index is 12.1. The van der Waals surface area contributed by atoms with Gasteiger partial charge in [0.05, 0.1) is 0 Å². The summed E-state index contributed by atoms with van der Waals surface area (Å²) in [6.07, 6.45) is 9.15. The molecule has 0 heterocycles. The van der Waals surface area contributed by atoms with Gasteiger partial charge in [-0.2, -0.15) is 0 Å². The topological polar surface area (TPSA) is 69.6 Å². The van der Waals surface area contributed by atoms with Crippen LogP contribution in [0.15, 0.2) is 0 Å². The molecule has 0 aromatic heterocycles. The largest absolute Gasteiger partial charge is 0.480 e. The van der Waals surface area contributed by atoms with Crippen molar-refractivity contribution in [2.24, 2.45) is 5.41 Å². The highest BCUT2D eigenvalue weighted by atomic mass is 16.4. The molecule has 0 aromatic carbocycles. The molecule has 0 spiro atoms. The number of terminal acetylenes is 1. The van der Waals surface area contributed by atoms with Crippen molar-refractivity contribution in [2.45, 2.75) is 58.0 Å². The van der Waals surface area contributed by atoms with E-state index in [-0.39, 0.29) is 18.5 Å². The van der Waals surface area contributed by atoms with Crippen LogP contribution in [0.1, 0.15) is 46.0 Å². The molecule has 0 aliphatic heterocycles. The lowest BCUT2D eigenvalue weighted by Crippen LogP contribution is -2.50. The molecule has 1 fully saturated rings. The first-order valence-corrected chi connectivity index (χ1v) is 6.96. The molecule has 5 heteroatoms. The first-order valence-electron chi connectivity index (χ1n) is 6.96. The number of hydrogen-bond acceptors (Lipinski definition) is 2. The Morgan fingerprint density at radius 2 is 2.00 bits per heavy atom. The zero-order valence-electron chi connectivity index (χ0n) is 12.5. The van der Waals surface area contributed by atoms with Crippen molar-refractivity contribution in [1.82, 2.24) is 10.2 Å². The molecule has 112 valence electrons. The second-order valence-electron chi connectivity index (χ2n) is 6.25. The van der Waals surface area contributed by atoms with E-state index in [9.17, 15) is 9.59 Å². The summed E-state index contributed by atoms with van der Waals surface area (Å²) < 4.78 is 0. The predicted octanol–water partition coefficient (Wildman–Crippen LogP) is 2.07. The SMILES string of the molecule is C#CCC(NC(=O)N(C)C1CCC(C)(C)CC1)C(=O)O. The summed E-state index contributed by atoms with van der Waals surface area (Å²) in [6, 6.07) is -1.21. The van der Waals surface area contributed by atoms with Crippen molar-refractivity contribution in [1.29, 1.82) is 0 Å². The lowest BCUT2D eigenvalue weighted by Gasteiger charge is -2.38. The summed E-state index contributed by atoms with van der Waals surface area (Å²) in [5, 5.41) is 11.5. The number of carboxylic acids is 1. The van der Waals surface area contributed by atoms with E-state index in [1.807, 2.05) is 0 Å². The van der Waals surface area contributed by atoms with E-state index >= 15 is 0 Å². The fraction of sp³-hybridized carbons (Fsp3) is 0.733. The molecule has 0 saturated heterocycles. The third-order valence-corrected chi connectivity index (χ3v) is 4.09. The molecule has 1 aliphatic carbocycles. The van der Waals surface area contributed by atoms with Gasteiger partial charge in [0, 0.05) is 19.5 Å². The minimum Gasteiger partial charge on any atom is -0.480 e. The summed E-state index contributed by atoms with van der Waals surface area (Å²) in [5.41, 5.74) is 0.334. The molecule has 20 heavy (non-hydrogen) atoms. The molecule has 2 amide bonds. The van der Waals surface area contributed by atoms with Crippen LogP contribution in [0.3, 0.4) is 0 Å². The number of carboxylic acid groups (broad SMARTS) is 1. The van der Waals surface area contributed by atoms with E-state index in [4.69, 9.17) is 11.5 Å². The van der Waals surface area contributed by atoms with Crippen molar-refractivity contribution in [3.8, 4) is 12.3 Å². The van der Waals surface area contributed by atoms with E-state index in [2.05, 4.69) is 25.1 Å². The van der Waals surface area contributed by atoms with Crippen molar-refractivity contribution in [2.75, 3.05) is 7.05 Å². The van der Waals surface area contributed by atoms with Gasteiger partial charge in [-0.15, -0.1) is 12.3 Å². The molecular formula is C15H24N2O3. The zero-order valence-corrected chi connectivity index (χ0v) is 12.5. The minimum atomic E-state index is -1.10. The van der Waals surface area contributed by atoms with E-state index in [0.29, 0.717) is 5.41 Å². The molecule has 0 radical (unpaired) electrons. The average molecular weight is 280 g/mol. The predicted molar refractivity (Wildman–Crippen MR) is 77.2 cm³/mol. The number of carbonyl (C=O) groups excluding carboxylic acids is 1. The fourth-order valence-electron chi connectivity index (χ4n) is 2.51. The summed E-state index contributed by atoms with van der Waals surface area (Å²) >= 11 is 0. The van der Waals surface area contributed by atoms with Gasteiger partial charge in [-0.05, 0) is 31.1 Å². The van der Waals surface area contributed by atoms with Crippen molar-refractivity contribution in [3.63, 3.8) is 0 Å². The van der Waals surface area contributed by atoms with Crippen LogP contribution in [0.25, 0.3) is 0 Å². The number of carbonyl (C=O) groups is 2. The number of aliphatic carboxylic acids is 1. The Balaban J connectivity index is 2.55. The van der Waals surface area contributed by atoms with Gasteiger partial charge in [0.15, 0.2) is 0 Å². The van der Waals surface area contributed by atoms with Gasteiger partial charge in [-0.25, -0.2) is 9.59 Å². The number of rotatable bonds is 4. The van der Waals surface area contributed by atoms with Crippen molar-refractivity contribution < 1.29 is 14.7 Å². The van der Waals surface area contributed by atoms with Gasteiger partial charge in [-0.1, -0.05) is 13.8 Å². The quantitative estimate of drug-likeness (QED) is 0.775. The van der Waals surface area contributed by atoms with E-state index in [1.165, 1.54) is 0 Å². The van der Waals surface area contributed by atoms with Gasteiger partial charge < -0.3 is 15.3 Å². The molecule has 0 aromatic rings. The number of nitrogens with one attached hydrogen (secondary N) is 1. The van der Waals surface area contributed by atoms with Crippen LogP contribution in [0.2, 0.25) is 0 Å². The molecule has 0 bridgehead atoms. The number of amides is 2. The molecule has 1 aliphatic rings. The second-order valence-corrected chi connectivity index (χ2v) is 6.25. The summed E-state index contributed by atoms with van der Waals surface area (Å²) in [6.45, 7) is 4.47. The van der Waals surface area contributed by atoms with E-state index < -0.39 is 12.0 Å². The van der Waals surface area contributed by atoms with Crippen LogP contribution < -0.4 is 5.32 Å². The van der Waals surface area contributed by atoms with Gasteiger partial charge >= 0.3 is 12.0 Å². The highest BCUT2D eigenvalue weighted by Gasteiger charge is 2.31. The standard InChI is InChI=1S/C15H24N2O3/c1-5-6-12(13(18)19)16-14(20)17(4)11-7-9-15(2,3)10-8-11/h1,11-12H,6-10H2,2-4H3,(H,16,20)(H,18,19). The highest BCUT2D eigenvalue weighted by molar-refractivity contribution is 5.82. The summed E-state index contributed by atoms with van der Waals surface area (Å²) in [4.78, 5) is 24.7.